The number of nitrogens with two attached hydrogens (primary N) is 1. The molecular formula is C12H13Cl3N4O2S. The first kappa shape index (κ1) is 18.9. The van der Waals surface area contributed by atoms with Crippen molar-refractivity contribution in [1.82, 2.24) is 5.43 Å². The number of hydrogen-bond donors (Lipinski definition) is 3. The van der Waals surface area contributed by atoms with Crippen LogP contribution in [0.15, 0.2) is 17.2 Å². The second-order valence-electron chi connectivity index (χ2n) is 3.98. The Morgan fingerprint density at radius 1 is 1.14 bits per heavy atom. The standard InChI is InChI=1S/C12H13Cl3N4O2S/c1-22-12(16)19-18-11(21)3-2-10(20)17-9-5-7(14)6(13)4-8(9)15/h4-5H,2-3H2,1H3,(H2,16,19)(H,17,20)(H,18,21). The van der Waals surface area contributed by atoms with Crippen LogP contribution in [0, 0.1) is 0 Å². The lowest BCUT2D eigenvalue weighted by molar-refractivity contribution is -0.124. The van der Waals surface area contributed by atoms with Gasteiger partial charge in [0.2, 0.25) is 11.8 Å². The zero-order valence-electron chi connectivity index (χ0n) is 11.5. The highest BCUT2D eigenvalue weighted by molar-refractivity contribution is 8.13. The fourth-order valence-corrected chi connectivity index (χ4v) is 2.01. The van der Waals surface area contributed by atoms with E-state index in [1.54, 1.807) is 6.26 Å². The Hall–Kier alpha value is -1.15. The maximum atomic E-state index is 11.8. The Morgan fingerprint density at radius 3 is 2.36 bits per heavy atom. The zero-order valence-corrected chi connectivity index (χ0v) is 14.5. The minimum Gasteiger partial charge on any atom is -0.377 e. The minimum atomic E-state index is -0.424. The smallest absolute Gasteiger partial charge is 0.240 e. The first-order chi connectivity index (χ1) is 10.3. The summed E-state index contributed by atoms with van der Waals surface area (Å²) in [6.45, 7) is 0. The van der Waals surface area contributed by atoms with E-state index in [9.17, 15) is 9.59 Å². The van der Waals surface area contributed by atoms with Crippen LogP contribution in [-0.2, 0) is 9.59 Å². The molecular weight excluding hydrogens is 371 g/mol. The second-order valence-corrected chi connectivity index (χ2v) is 6.03. The highest BCUT2D eigenvalue weighted by Crippen LogP contribution is 2.32. The van der Waals surface area contributed by atoms with Crippen molar-refractivity contribution in [1.29, 1.82) is 0 Å². The van der Waals surface area contributed by atoms with Crippen molar-refractivity contribution < 1.29 is 9.59 Å². The van der Waals surface area contributed by atoms with Gasteiger partial charge in [-0.3, -0.25) is 9.59 Å². The lowest BCUT2D eigenvalue weighted by atomic mass is 10.2. The molecule has 0 saturated carbocycles. The van der Waals surface area contributed by atoms with E-state index in [1.165, 1.54) is 23.9 Å². The summed E-state index contributed by atoms with van der Waals surface area (Å²) in [5.74, 6) is -0.815. The molecule has 0 heterocycles. The summed E-state index contributed by atoms with van der Waals surface area (Å²) in [7, 11) is 0. The molecule has 120 valence electrons. The topological polar surface area (TPSA) is 96.6 Å². The molecule has 0 aliphatic rings. The number of thioether (sulfide) groups is 1. The van der Waals surface area contributed by atoms with Crippen LogP contribution in [0.1, 0.15) is 12.8 Å². The Morgan fingerprint density at radius 2 is 1.73 bits per heavy atom. The molecule has 0 bridgehead atoms. The van der Waals surface area contributed by atoms with Gasteiger partial charge in [0.1, 0.15) is 0 Å². The fraction of sp³-hybridized carbons (Fsp3) is 0.250. The Bertz CT molecular complexity index is 610. The maximum Gasteiger partial charge on any atom is 0.240 e. The van der Waals surface area contributed by atoms with Crippen LogP contribution in [0.4, 0.5) is 5.69 Å². The molecule has 2 amide bonds. The molecule has 1 aromatic carbocycles. The van der Waals surface area contributed by atoms with E-state index < -0.39 is 11.8 Å². The molecule has 0 aromatic heterocycles. The molecule has 0 unspecified atom stereocenters. The predicted molar refractivity (Wildman–Crippen MR) is 92.6 cm³/mol. The van der Waals surface area contributed by atoms with Gasteiger partial charge in [-0.05, 0) is 18.4 Å². The third kappa shape index (κ3) is 6.31. The number of carbonyl (C=O) groups is 2. The number of nitrogens with one attached hydrogen (secondary N) is 2. The Kier molecular flexibility index (Phi) is 7.81. The lowest BCUT2D eigenvalue weighted by Crippen LogP contribution is -2.23. The third-order valence-corrected chi connectivity index (χ3v) is 3.91. The first-order valence-corrected chi connectivity index (χ1v) is 8.29. The van der Waals surface area contributed by atoms with Crippen LogP contribution in [0.2, 0.25) is 15.1 Å². The van der Waals surface area contributed by atoms with Gasteiger partial charge in [-0.25, -0.2) is 5.43 Å². The maximum absolute atomic E-state index is 11.8. The van der Waals surface area contributed by atoms with Crippen molar-refractivity contribution in [3.63, 3.8) is 0 Å². The van der Waals surface area contributed by atoms with Gasteiger partial charge >= 0.3 is 0 Å². The predicted octanol–water partition coefficient (Wildman–Crippen LogP) is 3.07. The number of hydrogen-bond acceptors (Lipinski definition) is 4. The zero-order chi connectivity index (χ0) is 16.7. The Balaban J connectivity index is 2.50. The molecule has 6 nitrogen and oxygen atoms in total. The molecule has 1 aromatic rings. The molecule has 0 atom stereocenters. The molecule has 0 aliphatic carbocycles. The monoisotopic (exact) mass is 382 g/mol. The summed E-state index contributed by atoms with van der Waals surface area (Å²) in [5, 5.41) is 7.19. The number of halogens is 3. The third-order valence-electron chi connectivity index (χ3n) is 2.36. The highest BCUT2D eigenvalue weighted by atomic mass is 35.5. The van der Waals surface area contributed by atoms with Gasteiger partial charge in [0.25, 0.3) is 0 Å². The fourth-order valence-electron chi connectivity index (χ4n) is 1.28. The largest absolute Gasteiger partial charge is 0.377 e. The minimum absolute atomic E-state index is 0.0445. The summed E-state index contributed by atoms with van der Waals surface area (Å²) in [6, 6.07) is 2.86. The van der Waals surface area contributed by atoms with Gasteiger partial charge in [0, 0.05) is 12.8 Å². The van der Waals surface area contributed by atoms with Crippen LogP contribution in [0.3, 0.4) is 0 Å². The molecule has 22 heavy (non-hydrogen) atoms. The van der Waals surface area contributed by atoms with E-state index in [0.29, 0.717) is 5.69 Å². The SMILES string of the molecule is CS/C(N)=N\NC(=O)CCC(=O)Nc1cc(Cl)c(Cl)cc1Cl. The molecule has 10 heteroatoms. The number of hydrazone groups is 1. The van der Waals surface area contributed by atoms with Gasteiger partial charge in [0.15, 0.2) is 5.17 Å². The van der Waals surface area contributed by atoms with Gasteiger partial charge in [-0.1, -0.05) is 46.6 Å². The molecule has 4 N–H and O–H groups in total. The summed E-state index contributed by atoms with van der Waals surface area (Å²) >= 11 is 18.8. The number of amidine groups is 1. The molecule has 0 spiro atoms. The number of rotatable bonds is 5. The average molecular weight is 384 g/mol. The van der Waals surface area contributed by atoms with E-state index in [0.717, 1.165) is 0 Å². The molecule has 1 rings (SSSR count). The van der Waals surface area contributed by atoms with Crippen molar-refractivity contribution in [2.45, 2.75) is 12.8 Å². The van der Waals surface area contributed by atoms with Crippen LogP contribution in [-0.4, -0.2) is 23.2 Å². The normalized spacial score (nSPS) is 11.2. The number of benzene rings is 1. The van der Waals surface area contributed by atoms with Crippen LogP contribution in [0.5, 0.6) is 0 Å². The highest BCUT2D eigenvalue weighted by Gasteiger charge is 2.11. The molecule has 0 saturated heterocycles. The van der Waals surface area contributed by atoms with Crippen molar-refractivity contribution in [2.24, 2.45) is 10.8 Å². The number of amides is 2. The van der Waals surface area contributed by atoms with E-state index in [2.05, 4.69) is 15.8 Å². The average Bonchev–Trinajstić information content (AvgIpc) is 2.48. The molecule has 0 fully saturated rings. The summed E-state index contributed by atoms with van der Waals surface area (Å²) in [5.41, 5.74) is 7.97. The van der Waals surface area contributed by atoms with Gasteiger partial charge in [-0.15, -0.1) is 5.10 Å². The molecule has 0 aliphatic heterocycles. The van der Waals surface area contributed by atoms with Crippen LogP contribution >= 0.6 is 46.6 Å². The van der Waals surface area contributed by atoms with E-state index in [4.69, 9.17) is 40.5 Å². The van der Waals surface area contributed by atoms with Crippen molar-refractivity contribution in [2.75, 3.05) is 11.6 Å². The quantitative estimate of drug-likeness (QED) is 0.315. The lowest BCUT2D eigenvalue weighted by Gasteiger charge is -2.08. The first-order valence-electron chi connectivity index (χ1n) is 5.94. The molecule has 0 radical (unpaired) electrons. The van der Waals surface area contributed by atoms with Gasteiger partial charge in [0.05, 0.1) is 20.8 Å². The van der Waals surface area contributed by atoms with Crippen LogP contribution < -0.4 is 16.5 Å². The van der Waals surface area contributed by atoms with Crippen molar-refractivity contribution in [3.8, 4) is 0 Å². The van der Waals surface area contributed by atoms with Crippen molar-refractivity contribution in [3.05, 3.63) is 27.2 Å². The number of anilines is 1. The van der Waals surface area contributed by atoms with Crippen molar-refractivity contribution >= 4 is 69.2 Å². The number of carbonyl (C=O) groups excluding carboxylic acids is 2. The second kappa shape index (κ2) is 9.09. The summed E-state index contributed by atoms with van der Waals surface area (Å²) in [6.07, 6.45) is 1.63. The van der Waals surface area contributed by atoms with E-state index >= 15 is 0 Å². The summed E-state index contributed by atoms with van der Waals surface area (Å²) in [4.78, 5) is 23.2. The van der Waals surface area contributed by atoms with Gasteiger partial charge < -0.3 is 11.1 Å². The Labute approximate surface area is 146 Å². The van der Waals surface area contributed by atoms with Gasteiger partial charge in [-0.2, -0.15) is 0 Å². The van der Waals surface area contributed by atoms with E-state index in [1.807, 2.05) is 0 Å². The van der Waals surface area contributed by atoms with Crippen LogP contribution in [0.25, 0.3) is 0 Å². The van der Waals surface area contributed by atoms with E-state index in [-0.39, 0.29) is 33.1 Å². The number of nitrogens with zero attached hydrogens (tertiary/aromatic N) is 1. The summed E-state index contributed by atoms with van der Waals surface area (Å²) < 4.78 is 0.